The Balaban J connectivity index is 1.73. The van der Waals surface area contributed by atoms with E-state index < -0.39 is 0 Å². The van der Waals surface area contributed by atoms with Gasteiger partial charge in [0.25, 0.3) is 5.91 Å². The summed E-state index contributed by atoms with van der Waals surface area (Å²) in [6, 6.07) is 7.80. The molecular weight excluding hydrogens is 374 g/mol. The van der Waals surface area contributed by atoms with Gasteiger partial charge in [-0.05, 0) is 33.3 Å². The summed E-state index contributed by atoms with van der Waals surface area (Å²) >= 11 is 1.37. The Morgan fingerprint density at radius 2 is 1.79 bits per heavy atom. The molecular formula is C21H23N3O3S. The lowest BCUT2D eigenvalue weighted by Gasteiger charge is -2.13. The van der Waals surface area contributed by atoms with Gasteiger partial charge in [-0.25, -0.2) is 4.98 Å². The van der Waals surface area contributed by atoms with Crippen molar-refractivity contribution in [1.82, 2.24) is 10.3 Å². The molecule has 1 unspecified atom stereocenters. The van der Waals surface area contributed by atoms with E-state index in [4.69, 9.17) is 4.42 Å². The highest BCUT2D eigenvalue weighted by molar-refractivity contribution is 7.14. The second-order valence-electron chi connectivity index (χ2n) is 6.75. The van der Waals surface area contributed by atoms with Crippen LogP contribution in [0.1, 0.15) is 52.9 Å². The Morgan fingerprint density at radius 3 is 2.36 bits per heavy atom. The zero-order chi connectivity index (χ0) is 20.4. The maximum absolute atomic E-state index is 12.6. The van der Waals surface area contributed by atoms with E-state index in [1.165, 1.54) is 18.3 Å². The third-order valence-corrected chi connectivity index (χ3v) is 5.40. The van der Waals surface area contributed by atoms with Crippen LogP contribution in [0.3, 0.4) is 0 Å². The molecule has 3 rings (SSSR count). The molecule has 6 nitrogen and oxygen atoms in total. The quantitative estimate of drug-likeness (QED) is 0.649. The van der Waals surface area contributed by atoms with E-state index in [0.29, 0.717) is 16.5 Å². The third-order valence-electron chi connectivity index (χ3n) is 4.64. The first kappa shape index (κ1) is 19.8. The molecule has 146 valence electrons. The Labute approximate surface area is 168 Å². The van der Waals surface area contributed by atoms with E-state index >= 15 is 0 Å². The normalized spacial score (nSPS) is 11.9. The predicted octanol–water partition coefficient (Wildman–Crippen LogP) is 4.78. The van der Waals surface area contributed by atoms with Gasteiger partial charge < -0.3 is 9.73 Å². The number of amides is 2. The summed E-state index contributed by atoms with van der Waals surface area (Å²) in [4.78, 5) is 28.3. The van der Waals surface area contributed by atoms with Crippen LogP contribution in [0.4, 0.5) is 5.13 Å². The summed E-state index contributed by atoms with van der Waals surface area (Å²) in [6.45, 7) is 8.94. The van der Waals surface area contributed by atoms with Gasteiger partial charge in [0, 0.05) is 23.4 Å². The van der Waals surface area contributed by atoms with Gasteiger partial charge >= 0.3 is 0 Å². The first-order valence-electron chi connectivity index (χ1n) is 8.97. The number of hydrogen-bond acceptors (Lipinski definition) is 5. The van der Waals surface area contributed by atoms with Crippen molar-refractivity contribution in [2.24, 2.45) is 0 Å². The van der Waals surface area contributed by atoms with Crippen molar-refractivity contribution in [3.05, 3.63) is 57.9 Å². The highest BCUT2D eigenvalue weighted by Gasteiger charge is 2.19. The monoisotopic (exact) mass is 397 g/mol. The fraction of sp³-hybridized carbons (Fsp3) is 0.286. The highest BCUT2D eigenvalue weighted by atomic mass is 32.1. The van der Waals surface area contributed by atoms with Gasteiger partial charge in [0.05, 0.1) is 17.3 Å². The average Bonchev–Trinajstić information content (AvgIpc) is 3.19. The number of nitrogens with zero attached hydrogens (tertiary/aromatic N) is 1. The van der Waals surface area contributed by atoms with Crippen LogP contribution >= 0.6 is 11.3 Å². The predicted molar refractivity (Wildman–Crippen MR) is 111 cm³/mol. The molecule has 0 spiro atoms. The lowest BCUT2D eigenvalue weighted by atomic mass is 10.1. The summed E-state index contributed by atoms with van der Waals surface area (Å²) in [5.74, 6) is 1.08. The number of nitrogens with one attached hydrogen (secondary N) is 2. The van der Waals surface area contributed by atoms with Crippen LogP contribution in [-0.4, -0.2) is 16.8 Å². The van der Waals surface area contributed by atoms with Crippen molar-refractivity contribution in [3.63, 3.8) is 0 Å². The number of anilines is 1. The second-order valence-corrected chi connectivity index (χ2v) is 7.61. The molecule has 28 heavy (non-hydrogen) atoms. The van der Waals surface area contributed by atoms with E-state index in [0.717, 1.165) is 28.1 Å². The molecule has 2 amide bonds. The summed E-state index contributed by atoms with van der Waals surface area (Å²) in [5.41, 5.74) is 4.16. The summed E-state index contributed by atoms with van der Waals surface area (Å²) in [7, 11) is 0. The molecule has 3 aromatic rings. The smallest absolute Gasteiger partial charge is 0.261 e. The van der Waals surface area contributed by atoms with E-state index in [1.54, 1.807) is 6.92 Å². The SMILES string of the molecule is CC(=O)NC(C)c1ccc(-c2csc(NC(=O)c3c(C)oc(C)c3C)n2)cc1. The lowest BCUT2D eigenvalue weighted by Crippen LogP contribution is -2.23. The molecule has 1 atom stereocenters. The topological polar surface area (TPSA) is 84.2 Å². The van der Waals surface area contributed by atoms with Gasteiger partial charge in [-0.1, -0.05) is 24.3 Å². The van der Waals surface area contributed by atoms with Crippen LogP contribution in [0.2, 0.25) is 0 Å². The van der Waals surface area contributed by atoms with Crippen LogP contribution in [0.15, 0.2) is 34.1 Å². The van der Waals surface area contributed by atoms with E-state index in [9.17, 15) is 9.59 Å². The van der Waals surface area contributed by atoms with Crippen molar-refractivity contribution in [2.45, 2.75) is 40.7 Å². The molecule has 7 heteroatoms. The van der Waals surface area contributed by atoms with Gasteiger partial charge in [0.15, 0.2) is 5.13 Å². The van der Waals surface area contributed by atoms with Gasteiger partial charge in [0.1, 0.15) is 11.5 Å². The van der Waals surface area contributed by atoms with Crippen LogP contribution in [0.5, 0.6) is 0 Å². The van der Waals surface area contributed by atoms with Gasteiger partial charge in [-0.2, -0.15) is 0 Å². The molecule has 2 heterocycles. The van der Waals surface area contributed by atoms with Crippen molar-refractivity contribution >= 4 is 28.3 Å². The first-order chi connectivity index (χ1) is 13.3. The summed E-state index contributed by atoms with van der Waals surface area (Å²) in [5, 5.41) is 8.16. The Morgan fingerprint density at radius 1 is 1.11 bits per heavy atom. The van der Waals surface area contributed by atoms with Gasteiger partial charge in [0.2, 0.25) is 5.91 Å². The number of rotatable bonds is 5. The molecule has 1 aromatic carbocycles. The van der Waals surface area contributed by atoms with Crippen molar-refractivity contribution in [2.75, 3.05) is 5.32 Å². The first-order valence-corrected chi connectivity index (χ1v) is 9.85. The Kier molecular flexibility index (Phi) is 5.65. The number of carbonyl (C=O) groups excluding carboxylic acids is 2. The summed E-state index contributed by atoms with van der Waals surface area (Å²) < 4.78 is 5.53. The number of thiazole rings is 1. The highest BCUT2D eigenvalue weighted by Crippen LogP contribution is 2.28. The Hall–Kier alpha value is -2.93. The fourth-order valence-electron chi connectivity index (χ4n) is 3.08. The zero-order valence-electron chi connectivity index (χ0n) is 16.5. The molecule has 0 bridgehead atoms. The molecule has 0 saturated carbocycles. The minimum Gasteiger partial charge on any atom is -0.466 e. The second kappa shape index (κ2) is 7.98. The van der Waals surface area contributed by atoms with Gasteiger partial charge in [-0.3, -0.25) is 14.9 Å². The molecule has 0 saturated heterocycles. The average molecular weight is 398 g/mol. The maximum Gasteiger partial charge on any atom is 0.261 e. The minimum absolute atomic E-state index is 0.0540. The molecule has 2 N–H and O–H groups in total. The zero-order valence-corrected chi connectivity index (χ0v) is 17.4. The number of furan rings is 1. The van der Waals surface area contributed by atoms with E-state index in [1.807, 2.05) is 50.4 Å². The lowest BCUT2D eigenvalue weighted by molar-refractivity contribution is -0.119. The Bertz CT molecular complexity index is 1020. The molecule has 0 aliphatic rings. The number of carbonyl (C=O) groups is 2. The van der Waals surface area contributed by atoms with Crippen molar-refractivity contribution in [1.29, 1.82) is 0 Å². The molecule has 2 aromatic heterocycles. The standard InChI is InChI=1S/C21H23N3O3S/c1-11-13(3)27-14(4)19(11)20(26)24-21-23-18(10-28-21)17-8-6-16(7-9-17)12(2)22-15(5)25/h6-10,12H,1-5H3,(H,22,25)(H,23,24,26). The van der Waals surface area contributed by atoms with E-state index in [-0.39, 0.29) is 17.9 Å². The molecule has 0 fully saturated rings. The maximum atomic E-state index is 12.6. The number of hydrogen-bond donors (Lipinski definition) is 2. The number of aromatic nitrogens is 1. The van der Waals surface area contributed by atoms with Crippen LogP contribution < -0.4 is 10.6 Å². The van der Waals surface area contributed by atoms with Crippen LogP contribution in [0.25, 0.3) is 11.3 Å². The van der Waals surface area contributed by atoms with Crippen LogP contribution in [-0.2, 0) is 4.79 Å². The largest absolute Gasteiger partial charge is 0.466 e. The third kappa shape index (κ3) is 4.14. The van der Waals surface area contributed by atoms with Crippen molar-refractivity contribution in [3.8, 4) is 11.3 Å². The van der Waals surface area contributed by atoms with E-state index in [2.05, 4.69) is 15.6 Å². The molecule has 0 aliphatic heterocycles. The fourth-order valence-corrected chi connectivity index (χ4v) is 3.80. The van der Waals surface area contributed by atoms with Gasteiger partial charge in [-0.15, -0.1) is 11.3 Å². The minimum atomic E-state index is -0.216. The van der Waals surface area contributed by atoms with Crippen LogP contribution in [0, 0.1) is 20.8 Å². The number of benzene rings is 1. The molecule has 0 radical (unpaired) electrons. The van der Waals surface area contributed by atoms with Crippen molar-refractivity contribution < 1.29 is 14.0 Å². The summed E-state index contributed by atoms with van der Waals surface area (Å²) in [6.07, 6.45) is 0. The number of aryl methyl sites for hydroxylation is 2. The molecule has 0 aliphatic carbocycles.